The molecule has 3 aromatic carbocycles. The van der Waals surface area contributed by atoms with E-state index >= 15 is 0 Å². The van der Waals surface area contributed by atoms with E-state index < -0.39 is 18.1 Å². The molecule has 2 amide bonds. The number of carbonyl (C=O) groups is 1. The molecule has 0 aliphatic carbocycles. The predicted octanol–water partition coefficient (Wildman–Crippen LogP) is 5.74. The van der Waals surface area contributed by atoms with Crippen LogP contribution in [-0.4, -0.2) is 71.4 Å². The Kier molecular flexibility index (Phi) is 9.92. The standard InChI is InChI=1S/C30H33Cl2N3O5/c1-19(2)40-26-18-24(39-3)12-13-25(26)29-33-27(20-4-8-22(31)9-5-20)28(21-6-10-23(32)11-7-21)35(29)30(38)34(14-16-36)15-17-37/h4-13,18-19,27-28,36-37H,14-17H2,1-3H3. The number of aliphatic hydroxyl groups excluding tert-OH is 2. The van der Waals surface area contributed by atoms with Gasteiger partial charge in [-0.05, 0) is 61.4 Å². The number of amidine groups is 1. The Labute approximate surface area is 244 Å². The van der Waals surface area contributed by atoms with Crippen LogP contribution in [0.1, 0.15) is 42.6 Å². The number of carbonyl (C=O) groups excluding carboxylic acids is 1. The summed E-state index contributed by atoms with van der Waals surface area (Å²) in [4.78, 5) is 22.4. The first kappa shape index (κ1) is 29.7. The largest absolute Gasteiger partial charge is 0.497 e. The highest BCUT2D eigenvalue weighted by Gasteiger charge is 2.44. The van der Waals surface area contributed by atoms with Gasteiger partial charge in [-0.1, -0.05) is 47.5 Å². The second-order valence-electron chi connectivity index (χ2n) is 9.56. The molecule has 0 saturated heterocycles. The SMILES string of the molecule is COc1ccc(C2=NC(c3ccc(Cl)cc3)C(c3ccc(Cl)cc3)N2C(=O)N(CCO)CCO)c(OC(C)C)c1. The van der Waals surface area contributed by atoms with Gasteiger partial charge >= 0.3 is 6.03 Å². The van der Waals surface area contributed by atoms with Crippen molar-refractivity contribution in [3.05, 3.63) is 93.5 Å². The molecule has 4 rings (SSSR count). The lowest BCUT2D eigenvalue weighted by atomic mass is 9.93. The second kappa shape index (κ2) is 13.4. The number of urea groups is 1. The first-order valence-corrected chi connectivity index (χ1v) is 13.8. The van der Waals surface area contributed by atoms with E-state index in [1.165, 1.54) is 4.90 Å². The molecule has 0 radical (unpaired) electrons. The Morgan fingerprint density at radius 3 is 2.05 bits per heavy atom. The van der Waals surface area contributed by atoms with Crippen molar-refractivity contribution in [3.8, 4) is 11.5 Å². The number of hydrogen-bond acceptors (Lipinski definition) is 6. The maximum absolute atomic E-state index is 14.3. The van der Waals surface area contributed by atoms with Gasteiger partial charge in [0.15, 0.2) is 0 Å². The fourth-order valence-electron chi connectivity index (χ4n) is 4.72. The second-order valence-corrected chi connectivity index (χ2v) is 10.4. The van der Waals surface area contributed by atoms with Crippen LogP contribution >= 0.6 is 23.2 Å². The molecule has 0 saturated carbocycles. The first-order valence-electron chi connectivity index (χ1n) is 13.0. The van der Waals surface area contributed by atoms with Crippen LogP contribution in [0, 0.1) is 0 Å². The van der Waals surface area contributed by atoms with Crippen LogP contribution in [0.4, 0.5) is 4.79 Å². The van der Waals surface area contributed by atoms with E-state index in [1.807, 2.05) is 44.2 Å². The van der Waals surface area contributed by atoms with Gasteiger partial charge in [-0.2, -0.15) is 0 Å². The summed E-state index contributed by atoms with van der Waals surface area (Å²) >= 11 is 12.4. The van der Waals surface area contributed by atoms with Gasteiger partial charge < -0.3 is 24.6 Å². The average molecular weight is 587 g/mol. The number of ether oxygens (including phenoxy) is 2. The highest BCUT2D eigenvalue weighted by atomic mass is 35.5. The molecule has 1 heterocycles. The fourth-order valence-corrected chi connectivity index (χ4v) is 4.97. The topological polar surface area (TPSA) is 94.8 Å². The maximum atomic E-state index is 14.3. The van der Waals surface area contributed by atoms with Crippen LogP contribution in [-0.2, 0) is 0 Å². The number of aliphatic imine (C=N–C) groups is 1. The first-order chi connectivity index (χ1) is 19.3. The van der Waals surface area contributed by atoms with Crippen LogP contribution in [0.3, 0.4) is 0 Å². The molecule has 2 atom stereocenters. The quantitative estimate of drug-likeness (QED) is 0.316. The summed E-state index contributed by atoms with van der Waals surface area (Å²) in [6.45, 7) is 3.39. The van der Waals surface area contributed by atoms with Crippen LogP contribution in [0.2, 0.25) is 10.0 Å². The Hall–Kier alpha value is -3.30. The van der Waals surface area contributed by atoms with Crippen molar-refractivity contribution in [2.75, 3.05) is 33.4 Å². The predicted molar refractivity (Wildman–Crippen MR) is 157 cm³/mol. The van der Waals surface area contributed by atoms with Crippen molar-refractivity contribution in [2.24, 2.45) is 4.99 Å². The van der Waals surface area contributed by atoms with Crippen molar-refractivity contribution in [3.63, 3.8) is 0 Å². The van der Waals surface area contributed by atoms with Gasteiger partial charge in [0.25, 0.3) is 0 Å². The molecule has 10 heteroatoms. The van der Waals surface area contributed by atoms with Gasteiger partial charge in [0.05, 0.1) is 38.0 Å². The van der Waals surface area contributed by atoms with Crippen LogP contribution < -0.4 is 9.47 Å². The number of amides is 2. The molecule has 1 aliphatic rings. The third-order valence-corrected chi connectivity index (χ3v) is 7.00. The maximum Gasteiger partial charge on any atom is 0.326 e. The van der Waals surface area contributed by atoms with Crippen molar-refractivity contribution in [1.29, 1.82) is 0 Å². The van der Waals surface area contributed by atoms with Crippen molar-refractivity contribution < 1.29 is 24.5 Å². The molecule has 2 unspecified atom stereocenters. The summed E-state index contributed by atoms with van der Waals surface area (Å²) in [5.41, 5.74) is 2.27. The van der Waals surface area contributed by atoms with E-state index in [4.69, 9.17) is 37.7 Å². The lowest BCUT2D eigenvalue weighted by Crippen LogP contribution is -2.48. The lowest BCUT2D eigenvalue weighted by molar-refractivity contribution is 0.134. The van der Waals surface area contributed by atoms with E-state index in [0.29, 0.717) is 32.9 Å². The van der Waals surface area contributed by atoms with Crippen LogP contribution in [0.5, 0.6) is 11.5 Å². The summed E-state index contributed by atoms with van der Waals surface area (Å²) in [5, 5.41) is 20.6. The Morgan fingerprint density at radius 2 is 1.52 bits per heavy atom. The monoisotopic (exact) mass is 585 g/mol. The van der Waals surface area contributed by atoms with Gasteiger partial charge in [-0.25, -0.2) is 4.79 Å². The number of nitrogens with zero attached hydrogens (tertiary/aromatic N) is 3. The highest BCUT2D eigenvalue weighted by molar-refractivity contribution is 6.30. The molecule has 0 bridgehead atoms. The van der Waals surface area contributed by atoms with Gasteiger partial charge in [0, 0.05) is 29.2 Å². The zero-order valence-corrected chi connectivity index (χ0v) is 24.1. The van der Waals surface area contributed by atoms with Gasteiger partial charge in [0.2, 0.25) is 0 Å². The molecule has 0 spiro atoms. The molecule has 0 aromatic heterocycles. The number of aliphatic hydroxyl groups is 2. The van der Waals surface area contributed by atoms with E-state index in [9.17, 15) is 15.0 Å². The number of hydrogen-bond donors (Lipinski definition) is 2. The number of halogens is 2. The third-order valence-electron chi connectivity index (χ3n) is 6.50. The highest BCUT2D eigenvalue weighted by Crippen LogP contribution is 2.45. The Morgan fingerprint density at radius 1 is 0.950 bits per heavy atom. The summed E-state index contributed by atoms with van der Waals surface area (Å²) in [6, 6.07) is 18.6. The molecule has 3 aromatic rings. The van der Waals surface area contributed by atoms with Gasteiger partial charge in [-0.3, -0.25) is 9.89 Å². The van der Waals surface area contributed by atoms with Crippen LogP contribution in [0.25, 0.3) is 0 Å². The summed E-state index contributed by atoms with van der Waals surface area (Å²) in [7, 11) is 1.58. The van der Waals surface area contributed by atoms with E-state index in [-0.39, 0.29) is 32.4 Å². The van der Waals surface area contributed by atoms with Crippen LogP contribution in [0.15, 0.2) is 71.7 Å². The van der Waals surface area contributed by atoms with Crippen molar-refractivity contribution in [1.82, 2.24) is 9.80 Å². The fraction of sp³-hybridized carbons (Fsp3) is 0.333. The molecular formula is C30H33Cl2N3O5. The molecular weight excluding hydrogens is 553 g/mol. The van der Waals surface area contributed by atoms with Crippen molar-refractivity contribution >= 4 is 35.1 Å². The summed E-state index contributed by atoms with van der Waals surface area (Å²) < 4.78 is 11.6. The summed E-state index contributed by atoms with van der Waals surface area (Å²) in [6.07, 6.45) is -0.156. The Balaban J connectivity index is 1.96. The molecule has 8 nitrogen and oxygen atoms in total. The zero-order valence-electron chi connectivity index (χ0n) is 22.6. The van der Waals surface area contributed by atoms with Gasteiger partial charge in [0.1, 0.15) is 23.4 Å². The minimum Gasteiger partial charge on any atom is -0.497 e. The summed E-state index contributed by atoms with van der Waals surface area (Å²) in [5.74, 6) is 1.50. The molecule has 0 fully saturated rings. The average Bonchev–Trinajstić information content (AvgIpc) is 3.33. The number of methoxy groups -OCH3 is 1. The van der Waals surface area contributed by atoms with E-state index in [0.717, 1.165) is 11.1 Å². The number of benzene rings is 3. The third kappa shape index (κ3) is 6.53. The normalized spacial score (nSPS) is 16.7. The van der Waals surface area contributed by atoms with Gasteiger partial charge in [-0.15, -0.1) is 0 Å². The molecule has 1 aliphatic heterocycles. The minimum absolute atomic E-state index is 0.0418. The molecule has 40 heavy (non-hydrogen) atoms. The smallest absolute Gasteiger partial charge is 0.326 e. The van der Waals surface area contributed by atoms with E-state index in [2.05, 4.69) is 0 Å². The Bertz CT molecular complexity index is 1330. The number of rotatable bonds is 10. The van der Waals surface area contributed by atoms with E-state index in [1.54, 1.807) is 48.4 Å². The zero-order chi connectivity index (χ0) is 28.8. The van der Waals surface area contributed by atoms with Crippen molar-refractivity contribution in [2.45, 2.75) is 32.0 Å². The minimum atomic E-state index is -0.574. The molecule has 2 N–H and O–H groups in total. The molecule has 212 valence electrons. The lowest BCUT2D eigenvalue weighted by Gasteiger charge is -2.34.